The Balaban J connectivity index is 1.37. The fourth-order valence-corrected chi connectivity index (χ4v) is 4.70. The molecule has 1 amide bonds. The van der Waals surface area contributed by atoms with Crippen LogP contribution in [0.4, 0.5) is 5.13 Å². The summed E-state index contributed by atoms with van der Waals surface area (Å²) in [5.74, 6) is 1.33. The minimum atomic E-state index is 0.180. The van der Waals surface area contributed by atoms with Gasteiger partial charge in [-0.1, -0.05) is 57.0 Å². The summed E-state index contributed by atoms with van der Waals surface area (Å²) in [6.45, 7) is 10.2. The van der Waals surface area contributed by atoms with Gasteiger partial charge in [0, 0.05) is 23.9 Å². The van der Waals surface area contributed by atoms with Gasteiger partial charge >= 0.3 is 0 Å². The van der Waals surface area contributed by atoms with Crippen molar-refractivity contribution in [1.29, 1.82) is 0 Å². The maximum absolute atomic E-state index is 12.3. The van der Waals surface area contributed by atoms with E-state index in [9.17, 15) is 4.79 Å². The highest BCUT2D eigenvalue weighted by Crippen LogP contribution is 2.18. The van der Waals surface area contributed by atoms with Crippen LogP contribution in [0.5, 0.6) is 0 Å². The minimum absolute atomic E-state index is 0.180. The van der Waals surface area contributed by atoms with E-state index in [1.54, 1.807) is 4.90 Å². The van der Waals surface area contributed by atoms with E-state index in [2.05, 4.69) is 52.7 Å². The van der Waals surface area contributed by atoms with Gasteiger partial charge in [0.25, 0.3) is 0 Å². The number of carbonyl (C=O) groups excluding carboxylic acids is 1. The molecule has 0 saturated carbocycles. The van der Waals surface area contributed by atoms with E-state index in [1.807, 2.05) is 6.07 Å². The van der Waals surface area contributed by atoms with Gasteiger partial charge in [-0.25, -0.2) is 4.98 Å². The molecule has 30 heavy (non-hydrogen) atoms. The molecule has 3 rings (SSSR count). The van der Waals surface area contributed by atoms with Crippen molar-refractivity contribution in [2.75, 3.05) is 44.2 Å². The first-order chi connectivity index (χ1) is 14.7. The largest absolute Gasteiger partial charge is 0.350 e. The molecular formula is C23H36N5OS+. The van der Waals surface area contributed by atoms with Crippen molar-refractivity contribution >= 4 is 22.6 Å². The second-order valence-corrected chi connectivity index (χ2v) is 8.91. The first-order valence-electron chi connectivity index (χ1n) is 11.4. The Kier molecular flexibility index (Phi) is 9.08. The van der Waals surface area contributed by atoms with Crippen LogP contribution in [0.15, 0.2) is 30.3 Å². The van der Waals surface area contributed by atoms with Crippen LogP contribution in [-0.4, -0.2) is 54.5 Å². The lowest BCUT2D eigenvalue weighted by molar-refractivity contribution is -0.899. The van der Waals surface area contributed by atoms with Gasteiger partial charge in [0.05, 0.1) is 39.3 Å². The summed E-state index contributed by atoms with van der Waals surface area (Å²) in [5.41, 5.74) is 1.25. The molecule has 1 atom stereocenters. The first kappa shape index (κ1) is 22.7. The minimum Gasteiger partial charge on any atom is -0.350 e. The van der Waals surface area contributed by atoms with Gasteiger partial charge in [0.15, 0.2) is 0 Å². The highest BCUT2D eigenvalue weighted by atomic mass is 32.1. The highest BCUT2D eigenvalue weighted by Gasteiger charge is 2.23. The zero-order valence-electron chi connectivity index (χ0n) is 18.4. The van der Waals surface area contributed by atoms with Crippen LogP contribution in [0, 0.1) is 5.92 Å². The number of benzene rings is 1. The third kappa shape index (κ3) is 6.77. The van der Waals surface area contributed by atoms with Crippen molar-refractivity contribution in [3.05, 3.63) is 41.7 Å². The van der Waals surface area contributed by atoms with Crippen LogP contribution < -0.4 is 15.1 Å². The van der Waals surface area contributed by atoms with Crippen LogP contribution in [0.25, 0.3) is 0 Å². The Morgan fingerprint density at radius 3 is 2.70 bits per heavy atom. The van der Waals surface area contributed by atoms with Crippen LogP contribution in [0.1, 0.15) is 50.9 Å². The predicted molar refractivity (Wildman–Crippen MR) is 123 cm³/mol. The molecular weight excluding hydrogens is 394 g/mol. The summed E-state index contributed by atoms with van der Waals surface area (Å²) in [6, 6.07) is 10.4. The normalized spacial score (nSPS) is 15.9. The van der Waals surface area contributed by atoms with Crippen LogP contribution in [0.3, 0.4) is 0 Å². The van der Waals surface area contributed by atoms with E-state index in [1.165, 1.54) is 17.1 Å². The Hall–Kier alpha value is -1.99. The van der Waals surface area contributed by atoms with E-state index in [-0.39, 0.29) is 11.8 Å². The number of anilines is 1. The maximum atomic E-state index is 12.3. The number of nitrogens with zero attached hydrogens (tertiary/aromatic N) is 3. The number of unbranched alkanes of at least 4 members (excludes halogenated alkanes) is 1. The molecule has 7 heteroatoms. The van der Waals surface area contributed by atoms with E-state index < -0.39 is 0 Å². The molecule has 0 unspecified atom stereocenters. The molecule has 0 spiro atoms. The molecule has 0 radical (unpaired) electrons. The van der Waals surface area contributed by atoms with Gasteiger partial charge in [-0.3, -0.25) is 4.79 Å². The zero-order valence-corrected chi connectivity index (χ0v) is 19.2. The number of carbonyl (C=O) groups is 1. The quantitative estimate of drug-likeness (QED) is 0.574. The van der Waals surface area contributed by atoms with Crippen molar-refractivity contribution in [3.8, 4) is 0 Å². The Morgan fingerprint density at radius 2 is 2.00 bits per heavy atom. The van der Waals surface area contributed by atoms with Gasteiger partial charge in [0.1, 0.15) is 5.82 Å². The summed E-state index contributed by atoms with van der Waals surface area (Å²) in [4.78, 5) is 21.0. The molecule has 1 aromatic carbocycles. The molecule has 1 aliphatic heterocycles. The lowest BCUT2D eigenvalue weighted by Gasteiger charge is -2.31. The van der Waals surface area contributed by atoms with Gasteiger partial charge < -0.3 is 15.1 Å². The van der Waals surface area contributed by atoms with Crippen molar-refractivity contribution in [1.82, 2.24) is 14.7 Å². The molecule has 2 heterocycles. The van der Waals surface area contributed by atoms with Gasteiger partial charge in [-0.2, -0.15) is 4.37 Å². The standard InChI is InChI=1S/C23H35N5OS/c1-3-5-11-20(4-2)22(29)24-12-13-27-14-16-28(17-15-27)23-25-21(26-30-23)18-19-9-7-6-8-10-19/h6-10,20H,3-5,11-18H2,1-2H3,(H,24,29)/p+1/t20-/m1/s1. The number of hydrogen-bond acceptors (Lipinski definition) is 5. The maximum Gasteiger partial charge on any atom is 0.223 e. The van der Waals surface area contributed by atoms with E-state index in [4.69, 9.17) is 4.98 Å². The first-order valence-corrected chi connectivity index (χ1v) is 12.2. The molecule has 2 N–H and O–H groups in total. The number of amides is 1. The average molecular weight is 431 g/mol. The summed E-state index contributed by atoms with van der Waals surface area (Å²) in [7, 11) is 0. The van der Waals surface area contributed by atoms with Crippen LogP contribution in [-0.2, 0) is 11.2 Å². The molecule has 6 nitrogen and oxygen atoms in total. The lowest BCUT2D eigenvalue weighted by atomic mass is 9.98. The number of rotatable bonds is 11. The second-order valence-electron chi connectivity index (χ2n) is 8.18. The SMILES string of the molecule is CCCC[C@@H](CC)C(=O)NCC[NH+]1CCN(c2nc(Cc3ccccc3)ns2)CC1. The van der Waals surface area contributed by atoms with Crippen molar-refractivity contribution in [3.63, 3.8) is 0 Å². The monoisotopic (exact) mass is 430 g/mol. The summed E-state index contributed by atoms with van der Waals surface area (Å²) < 4.78 is 4.56. The van der Waals surface area contributed by atoms with Crippen molar-refractivity contribution in [2.45, 2.75) is 46.0 Å². The fraction of sp³-hybridized carbons (Fsp3) is 0.609. The number of quaternary nitrogens is 1. The lowest BCUT2D eigenvalue weighted by Crippen LogP contribution is -3.15. The van der Waals surface area contributed by atoms with E-state index in [0.29, 0.717) is 0 Å². The fourth-order valence-electron chi connectivity index (χ4n) is 3.97. The molecule has 1 saturated heterocycles. The average Bonchev–Trinajstić information content (AvgIpc) is 3.24. The topological polar surface area (TPSA) is 62.6 Å². The van der Waals surface area contributed by atoms with Crippen LogP contribution >= 0.6 is 11.5 Å². The van der Waals surface area contributed by atoms with Gasteiger partial charge in [-0.05, 0) is 18.4 Å². The number of piperazine rings is 1. The number of aromatic nitrogens is 2. The van der Waals surface area contributed by atoms with E-state index in [0.717, 1.165) is 82.3 Å². The smallest absolute Gasteiger partial charge is 0.223 e. The number of hydrogen-bond donors (Lipinski definition) is 2. The van der Waals surface area contributed by atoms with Gasteiger partial charge in [0.2, 0.25) is 11.0 Å². The number of nitrogens with one attached hydrogen (secondary N) is 2. The third-order valence-corrected chi connectivity index (χ3v) is 6.77. The second kappa shape index (κ2) is 12.0. The van der Waals surface area contributed by atoms with Crippen LogP contribution in [0.2, 0.25) is 0 Å². The molecule has 1 aliphatic rings. The highest BCUT2D eigenvalue weighted by molar-refractivity contribution is 7.09. The third-order valence-electron chi connectivity index (χ3n) is 5.95. The molecule has 164 valence electrons. The summed E-state index contributed by atoms with van der Waals surface area (Å²) in [6.07, 6.45) is 5.03. The Morgan fingerprint density at radius 1 is 1.23 bits per heavy atom. The summed E-state index contributed by atoms with van der Waals surface area (Å²) >= 11 is 1.51. The van der Waals surface area contributed by atoms with Gasteiger partial charge in [-0.15, -0.1) is 0 Å². The van der Waals surface area contributed by atoms with Crippen molar-refractivity contribution in [2.24, 2.45) is 5.92 Å². The molecule has 1 fully saturated rings. The van der Waals surface area contributed by atoms with Crippen molar-refractivity contribution < 1.29 is 9.69 Å². The molecule has 0 aliphatic carbocycles. The Bertz CT molecular complexity index is 758. The predicted octanol–water partition coefficient (Wildman–Crippen LogP) is 2.17. The molecule has 2 aromatic rings. The summed E-state index contributed by atoms with van der Waals surface area (Å²) in [5, 5.41) is 4.20. The molecule has 1 aromatic heterocycles. The zero-order chi connectivity index (χ0) is 21.2. The Labute approximate surface area is 184 Å². The van der Waals surface area contributed by atoms with E-state index >= 15 is 0 Å². The molecule has 0 bridgehead atoms.